The summed E-state index contributed by atoms with van der Waals surface area (Å²) in [6, 6.07) is 5.14. The predicted octanol–water partition coefficient (Wildman–Crippen LogP) is 3.78. The molecule has 7 heteroatoms. The number of hydrogen-bond donors (Lipinski definition) is 3. The number of anilines is 2. The van der Waals surface area contributed by atoms with Crippen molar-refractivity contribution in [2.24, 2.45) is 0 Å². The molecule has 0 fully saturated rings. The van der Waals surface area contributed by atoms with Crippen molar-refractivity contribution in [3.05, 3.63) is 39.1 Å². The van der Waals surface area contributed by atoms with Gasteiger partial charge in [0.05, 0.1) is 16.4 Å². The second-order valence-electron chi connectivity index (χ2n) is 4.64. The maximum absolute atomic E-state index is 12.1. The maximum Gasteiger partial charge on any atom is 0.278 e. The van der Waals surface area contributed by atoms with Crippen LogP contribution in [0.15, 0.2) is 22.7 Å². The molecule has 1 aromatic heterocycles. The predicted molar refractivity (Wildman–Crippen MR) is 84.2 cm³/mol. The highest BCUT2D eigenvalue weighted by molar-refractivity contribution is 9.10. The third-order valence-corrected chi connectivity index (χ3v) is 4.04. The van der Waals surface area contributed by atoms with Gasteiger partial charge in [-0.3, -0.25) is 9.89 Å². The molecular weight excluding hydrogens is 344 g/mol. The van der Waals surface area contributed by atoms with E-state index >= 15 is 0 Å². The Labute approximate surface area is 130 Å². The first kappa shape index (κ1) is 14.9. The molecule has 0 bridgehead atoms. The number of nitrogens with zero attached hydrogens (tertiary/aromatic N) is 1. The van der Waals surface area contributed by atoms with E-state index in [0.717, 1.165) is 10.2 Å². The lowest BCUT2D eigenvalue weighted by molar-refractivity contribution is 0.102. The summed E-state index contributed by atoms with van der Waals surface area (Å²) in [4.78, 5) is 12.1. The van der Waals surface area contributed by atoms with Gasteiger partial charge in [-0.1, -0.05) is 25.4 Å². The first-order valence-corrected chi connectivity index (χ1v) is 7.17. The van der Waals surface area contributed by atoms with E-state index in [0.29, 0.717) is 16.4 Å². The Bertz CT molecular complexity index is 654. The number of aromatic amines is 1. The SMILES string of the molecule is CC(C)c1[nH]nc(C(=O)Nc2ccc(Br)c(Cl)c2)c1N. The lowest BCUT2D eigenvalue weighted by Gasteiger charge is -2.06. The number of hydrogen-bond acceptors (Lipinski definition) is 3. The number of nitrogen functional groups attached to an aromatic ring is 1. The number of carbonyl (C=O) groups excluding carboxylic acids is 1. The molecule has 1 amide bonds. The minimum atomic E-state index is -0.371. The monoisotopic (exact) mass is 356 g/mol. The topological polar surface area (TPSA) is 83.8 Å². The quantitative estimate of drug-likeness (QED) is 0.781. The molecule has 1 heterocycles. The second kappa shape index (κ2) is 5.85. The van der Waals surface area contributed by atoms with Crippen LogP contribution in [0.25, 0.3) is 0 Å². The van der Waals surface area contributed by atoms with Crippen LogP contribution in [0.3, 0.4) is 0 Å². The fourth-order valence-corrected chi connectivity index (χ4v) is 2.17. The largest absolute Gasteiger partial charge is 0.395 e. The van der Waals surface area contributed by atoms with Crippen molar-refractivity contribution >= 4 is 44.8 Å². The summed E-state index contributed by atoms with van der Waals surface area (Å²) in [6.45, 7) is 3.94. The minimum absolute atomic E-state index is 0.172. The van der Waals surface area contributed by atoms with Crippen LogP contribution >= 0.6 is 27.5 Å². The highest BCUT2D eigenvalue weighted by Crippen LogP contribution is 2.27. The Balaban J connectivity index is 2.22. The van der Waals surface area contributed by atoms with Crippen molar-refractivity contribution in [3.8, 4) is 0 Å². The molecule has 2 aromatic rings. The van der Waals surface area contributed by atoms with Crippen LogP contribution in [0.4, 0.5) is 11.4 Å². The first-order valence-electron chi connectivity index (χ1n) is 6.00. The molecule has 0 spiro atoms. The van der Waals surface area contributed by atoms with Gasteiger partial charge < -0.3 is 11.1 Å². The molecule has 2 rings (SSSR count). The molecule has 0 saturated carbocycles. The lowest BCUT2D eigenvalue weighted by atomic mass is 10.1. The molecular formula is C13H14BrClN4O. The minimum Gasteiger partial charge on any atom is -0.395 e. The number of H-pyrrole nitrogens is 1. The van der Waals surface area contributed by atoms with Crippen LogP contribution in [0, 0.1) is 0 Å². The molecule has 0 aliphatic rings. The molecule has 0 radical (unpaired) electrons. The van der Waals surface area contributed by atoms with Gasteiger partial charge in [0.15, 0.2) is 5.69 Å². The summed E-state index contributed by atoms with van der Waals surface area (Å²) >= 11 is 9.26. The lowest BCUT2D eigenvalue weighted by Crippen LogP contribution is -2.14. The van der Waals surface area contributed by atoms with Crippen LogP contribution in [-0.4, -0.2) is 16.1 Å². The van der Waals surface area contributed by atoms with Crippen LogP contribution in [0.5, 0.6) is 0 Å². The van der Waals surface area contributed by atoms with E-state index in [-0.39, 0.29) is 17.5 Å². The summed E-state index contributed by atoms with van der Waals surface area (Å²) in [5.41, 5.74) is 7.82. The summed E-state index contributed by atoms with van der Waals surface area (Å²) in [5.74, 6) is -0.199. The van der Waals surface area contributed by atoms with E-state index in [9.17, 15) is 4.79 Å². The average Bonchev–Trinajstić information content (AvgIpc) is 2.76. The number of benzene rings is 1. The normalized spacial score (nSPS) is 10.8. The van der Waals surface area contributed by atoms with E-state index in [1.807, 2.05) is 13.8 Å². The van der Waals surface area contributed by atoms with Gasteiger partial charge in [-0.15, -0.1) is 0 Å². The number of aromatic nitrogens is 2. The zero-order valence-electron chi connectivity index (χ0n) is 11.0. The molecule has 1 aromatic carbocycles. The van der Waals surface area contributed by atoms with Gasteiger partial charge in [0.25, 0.3) is 5.91 Å². The van der Waals surface area contributed by atoms with E-state index in [1.54, 1.807) is 18.2 Å². The van der Waals surface area contributed by atoms with E-state index in [1.165, 1.54) is 0 Å². The Morgan fingerprint density at radius 1 is 1.50 bits per heavy atom. The second-order valence-corrected chi connectivity index (χ2v) is 5.90. The third kappa shape index (κ3) is 2.96. The van der Waals surface area contributed by atoms with Crippen LogP contribution in [-0.2, 0) is 0 Å². The van der Waals surface area contributed by atoms with Gasteiger partial charge in [0.1, 0.15) is 0 Å². The molecule has 0 atom stereocenters. The van der Waals surface area contributed by atoms with Crippen molar-refractivity contribution in [3.63, 3.8) is 0 Å². The summed E-state index contributed by atoms with van der Waals surface area (Å²) in [7, 11) is 0. The molecule has 106 valence electrons. The van der Waals surface area contributed by atoms with Gasteiger partial charge >= 0.3 is 0 Å². The average molecular weight is 358 g/mol. The van der Waals surface area contributed by atoms with Crippen molar-refractivity contribution < 1.29 is 4.79 Å². The van der Waals surface area contributed by atoms with Crippen molar-refractivity contribution in [2.75, 3.05) is 11.1 Å². The fraction of sp³-hybridized carbons (Fsp3) is 0.231. The molecule has 0 aliphatic carbocycles. The number of carbonyl (C=O) groups is 1. The van der Waals surface area contributed by atoms with E-state index in [2.05, 4.69) is 31.4 Å². The van der Waals surface area contributed by atoms with Gasteiger partial charge in [-0.2, -0.15) is 5.10 Å². The van der Waals surface area contributed by atoms with E-state index < -0.39 is 0 Å². The molecule has 0 aliphatic heterocycles. The third-order valence-electron chi connectivity index (χ3n) is 2.80. The summed E-state index contributed by atoms with van der Waals surface area (Å²) in [5, 5.41) is 9.99. The van der Waals surface area contributed by atoms with Crippen LogP contribution in [0.2, 0.25) is 5.02 Å². The highest BCUT2D eigenvalue weighted by atomic mass is 79.9. The zero-order chi connectivity index (χ0) is 14.9. The summed E-state index contributed by atoms with van der Waals surface area (Å²) < 4.78 is 0.763. The number of rotatable bonds is 3. The zero-order valence-corrected chi connectivity index (χ0v) is 13.3. The van der Waals surface area contributed by atoms with Crippen LogP contribution in [0.1, 0.15) is 35.9 Å². The standard InChI is InChI=1S/C13H14BrClN4O/c1-6(2)11-10(16)12(19-18-11)13(20)17-7-3-4-8(14)9(15)5-7/h3-6H,16H2,1-2H3,(H,17,20)(H,18,19). The van der Waals surface area contributed by atoms with Gasteiger partial charge in [-0.25, -0.2) is 0 Å². The highest BCUT2D eigenvalue weighted by Gasteiger charge is 2.19. The fourth-order valence-electron chi connectivity index (χ4n) is 1.74. The molecule has 5 nitrogen and oxygen atoms in total. The van der Waals surface area contributed by atoms with Gasteiger partial charge in [0, 0.05) is 10.2 Å². The Morgan fingerprint density at radius 2 is 2.20 bits per heavy atom. The smallest absolute Gasteiger partial charge is 0.278 e. The van der Waals surface area contributed by atoms with Crippen molar-refractivity contribution in [1.82, 2.24) is 10.2 Å². The van der Waals surface area contributed by atoms with E-state index in [4.69, 9.17) is 17.3 Å². The molecule has 0 saturated heterocycles. The Morgan fingerprint density at radius 3 is 2.75 bits per heavy atom. The van der Waals surface area contributed by atoms with Crippen molar-refractivity contribution in [2.45, 2.75) is 19.8 Å². The van der Waals surface area contributed by atoms with Crippen LogP contribution < -0.4 is 11.1 Å². The number of nitrogens with two attached hydrogens (primary N) is 1. The van der Waals surface area contributed by atoms with Gasteiger partial charge in [0.2, 0.25) is 0 Å². The summed E-state index contributed by atoms with van der Waals surface area (Å²) in [6.07, 6.45) is 0. The Hall–Kier alpha value is -1.53. The first-order chi connectivity index (χ1) is 9.40. The number of amides is 1. The number of nitrogens with one attached hydrogen (secondary N) is 2. The Kier molecular flexibility index (Phi) is 4.35. The molecule has 20 heavy (non-hydrogen) atoms. The van der Waals surface area contributed by atoms with Crippen molar-refractivity contribution in [1.29, 1.82) is 0 Å². The maximum atomic E-state index is 12.1. The molecule has 4 N–H and O–H groups in total. The number of halogens is 2. The van der Waals surface area contributed by atoms with Gasteiger partial charge in [-0.05, 0) is 40.0 Å². The molecule has 0 unspecified atom stereocenters.